The fraction of sp³-hybridized carbons (Fsp3) is 0.370. The van der Waals surface area contributed by atoms with Crippen molar-refractivity contribution >= 4 is 34.7 Å². The number of carbonyl (C=O) groups is 4. The number of para-hydroxylation sites is 1. The number of carboxylic acids is 2. The molecule has 4 rings (SSSR count). The number of nitrogens with zero attached hydrogens (tertiary/aromatic N) is 3. The molecule has 1 aliphatic rings. The van der Waals surface area contributed by atoms with E-state index < -0.39 is 11.9 Å². The third-order valence-electron chi connectivity index (χ3n) is 6.17. The van der Waals surface area contributed by atoms with E-state index in [1.165, 1.54) is 0 Å². The summed E-state index contributed by atoms with van der Waals surface area (Å²) >= 11 is 0. The van der Waals surface area contributed by atoms with E-state index >= 15 is 0 Å². The minimum Gasteiger partial charge on any atom is -0.473 e. The standard InChI is InChI=1S/C25H31N5O2.C2H2O4/c1-18(2)30-22-11-7-6-10-21(22)23(28-30)25(32)26-14-17-29-15-12-20(13-16-29)27-24(31)19-8-4-3-5-9-19;3-1(4)2(5)6/h3-11,18,20H,12-17H2,1-2H3,(H,26,32)(H,27,31);(H,3,4)(H,5,6). The molecule has 2 amide bonds. The number of benzene rings is 2. The van der Waals surface area contributed by atoms with Gasteiger partial charge in [-0.3, -0.25) is 14.3 Å². The molecule has 202 valence electrons. The molecule has 11 heteroatoms. The Morgan fingerprint density at radius 2 is 1.53 bits per heavy atom. The number of likely N-dealkylation sites (tertiary alicyclic amines) is 1. The van der Waals surface area contributed by atoms with E-state index in [1.807, 2.05) is 59.3 Å². The first-order chi connectivity index (χ1) is 18.2. The van der Waals surface area contributed by atoms with Gasteiger partial charge in [0.05, 0.1) is 5.52 Å². The van der Waals surface area contributed by atoms with Crippen LogP contribution in [0.3, 0.4) is 0 Å². The molecule has 1 aromatic heterocycles. The Morgan fingerprint density at radius 1 is 0.921 bits per heavy atom. The van der Waals surface area contributed by atoms with Crippen LogP contribution in [0.1, 0.15) is 53.6 Å². The smallest absolute Gasteiger partial charge is 0.414 e. The summed E-state index contributed by atoms with van der Waals surface area (Å²) in [5.41, 5.74) is 2.16. The first-order valence-corrected chi connectivity index (χ1v) is 12.5. The number of fused-ring (bicyclic) bond motifs is 1. The van der Waals surface area contributed by atoms with E-state index in [0.717, 1.165) is 43.4 Å². The SMILES string of the molecule is CC(C)n1nc(C(=O)NCCN2CCC(NC(=O)c3ccccc3)CC2)c2ccccc21.O=C(O)C(=O)O. The molecule has 0 saturated carbocycles. The summed E-state index contributed by atoms with van der Waals surface area (Å²) < 4.78 is 1.90. The Labute approximate surface area is 220 Å². The van der Waals surface area contributed by atoms with Gasteiger partial charge < -0.3 is 25.7 Å². The average Bonchev–Trinajstić information content (AvgIpc) is 3.31. The molecule has 1 fully saturated rings. The molecule has 0 spiro atoms. The zero-order valence-electron chi connectivity index (χ0n) is 21.5. The first-order valence-electron chi connectivity index (χ1n) is 12.5. The van der Waals surface area contributed by atoms with E-state index in [0.29, 0.717) is 17.8 Å². The van der Waals surface area contributed by atoms with Crippen LogP contribution >= 0.6 is 0 Å². The minimum absolute atomic E-state index is 0.00984. The van der Waals surface area contributed by atoms with Crippen LogP contribution in [0, 0.1) is 0 Å². The Hall–Kier alpha value is -4.25. The van der Waals surface area contributed by atoms with Gasteiger partial charge in [-0.15, -0.1) is 0 Å². The molecule has 11 nitrogen and oxygen atoms in total. The van der Waals surface area contributed by atoms with Crippen LogP contribution in [0.4, 0.5) is 0 Å². The summed E-state index contributed by atoms with van der Waals surface area (Å²) in [5, 5.41) is 26.4. The van der Waals surface area contributed by atoms with Gasteiger partial charge >= 0.3 is 11.9 Å². The van der Waals surface area contributed by atoms with E-state index in [2.05, 4.69) is 34.5 Å². The fourth-order valence-corrected chi connectivity index (χ4v) is 4.22. The maximum Gasteiger partial charge on any atom is 0.414 e. The van der Waals surface area contributed by atoms with Crippen molar-refractivity contribution in [3.05, 3.63) is 65.9 Å². The van der Waals surface area contributed by atoms with Gasteiger partial charge in [0, 0.05) is 49.2 Å². The van der Waals surface area contributed by atoms with Crippen molar-refractivity contribution in [3.63, 3.8) is 0 Å². The van der Waals surface area contributed by atoms with Crippen LogP contribution in [0.25, 0.3) is 10.9 Å². The highest BCUT2D eigenvalue weighted by Gasteiger charge is 2.22. The number of amides is 2. The van der Waals surface area contributed by atoms with Gasteiger partial charge in [-0.05, 0) is 44.9 Å². The number of carboxylic acid groups (broad SMARTS) is 2. The molecule has 0 aliphatic carbocycles. The van der Waals surface area contributed by atoms with Crippen LogP contribution in [-0.2, 0) is 9.59 Å². The molecule has 0 radical (unpaired) electrons. The summed E-state index contributed by atoms with van der Waals surface area (Å²) in [6, 6.07) is 17.6. The number of aromatic nitrogens is 2. The van der Waals surface area contributed by atoms with Crippen molar-refractivity contribution < 1.29 is 29.4 Å². The van der Waals surface area contributed by atoms with E-state index in [-0.39, 0.29) is 23.9 Å². The fourth-order valence-electron chi connectivity index (χ4n) is 4.22. The topological polar surface area (TPSA) is 154 Å². The van der Waals surface area contributed by atoms with Crippen molar-refractivity contribution in [2.45, 2.75) is 38.8 Å². The molecule has 0 unspecified atom stereocenters. The molecule has 38 heavy (non-hydrogen) atoms. The number of carbonyl (C=O) groups excluding carboxylic acids is 2. The molecule has 1 saturated heterocycles. The Morgan fingerprint density at radius 3 is 2.13 bits per heavy atom. The molecule has 2 heterocycles. The normalized spacial score (nSPS) is 14.0. The number of aliphatic carboxylic acids is 2. The minimum atomic E-state index is -1.82. The Kier molecular flexibility index (Phi) is 9.94. The van der Waals surface area contributed by atoms with E-state index in [1.54, 1.807) is 0 Å². The van der Waals surface area contributed by atoms with E-state index in [4.69, 9.17) is 19.8 Å². The van der Waals surface area contributed by atoms with Crippen LogP contribution in [0.2, 0.25) is 0 Å². The molecule has 0 atom stereocenters. The molecular weight excluding hydrogens is 490 g/mol. The summed E-state index contributed by atoms with van der Waals surface area (Å²) in [6.07, 6.45) is 1.83. The van der Waals surface area contributed by atoms with Crippen molar-refractivity contribution in [1.82, 2.24) is 25.3 Å². The highest BCUT2D eigenvalue weighted by atomic mass is 16.4. The predicted octanol–water partition coefficient (Wildman–Crippen LogP) is 2.40. The summed E-state index contributed by atoms with van der Waals surface area (Å²) in [4.78, 5) is 45.7. The second kappa shape index (κ2) is 13.3. The average molecular weight is 524 g/mol. The van der Waals surface area contributed by atoms with Gasteiger partial charge in [-0.2, -0.15) is 5.10 Å². The lowest BCUT2D eigenvalue weighted by Gasteiger charge is -2.32. The first kappa shape index (κ1) is 28.3. The Balaban J connectivity index is 0.000000599. The van der Waals surface area contributed by atoms with Crippen LogP contribution in [0.15, 0.2) is 54.6 Å². The van der Waals surface area contributed by atoms with Crippen LogP contribution in [-0.4, -0.2) is 80.9 Å². The van der Waals surface area contributed by atoms with Gasteiger partial charge in [-0.25, -0.2) is 9.59 Å². The molecule has 3 aromatic rings. The zero-order chi connectivity index (χ0) is 27.7. The van der Waals surface area contributed by atoms with Gasteiger partial charge in [0.2, 0.25) is 0 Å². The summed E-state index contributed by atoms with van der Waals surface area (Å²) in [5.74, 6) is -3.79. The van der Waals surface area contributed by atoms with Crippen molar-refractivity contribution in [2.24, 2.45) is 0 Å². The highest BCUT2D eigenvalue weighted by Crippen LogP contribution is 2.21. The van der Waals surface area contributed by atoms with Crippen LogP contribution in [0.5, 0.6) is 0 Å². The van der Waals surface area contributed by atoms with Gasteiger partial charge in [0.25, 0.3) is 11.8 Å². The molecular formula is C27H33N5O6. The number of piperidine rings is 1. The maximum absolute atomic E-state index is 12.8. The molecule has 2 aromatic carbocycles. The predicted molar refractivity (Wildman–Crippen MR) is 141 cm³/mol. The van der Waals surface area contributed by atoms with Gasteiger partial charge in [0.15, 0.2) is 5.69 Å². The molecule has 1 aliphatic heterocycles. The lowest BCUT2D eigenvalue weighted by molar-refractivity contribution is -0.159. The zero-order valence-corrected chi connectivity index (χ0v) is 21.5. The second-order valence-electron chi connectivity index (χ2n) is 9.23. The Bertz CT molecular complexity index is 1250. The number of rotatable bonds is 7. The number of hydrogen-bond donors (Lipinski definition) is 4. The quantitative estimate of drug-likeness (QED) is 0.344. The van der Waals surface area contributed by atoms with Gasteiger partial charge in [-0.1, -0.05) is 36.4 Å². The van der Waals surface area contributed by atoms with E-state index in [9.17, 15) is 9.59 Å². The third kappa shape index (κ3) is 7.62. The van der Waals surface area contributed by atoms with Crippen molar-refractivity contribution in [2.75, 3.05) is 26.2 Å². The van der Waals surface area contributed by atoms with Gasteiger partial charge in [0.1, 0.15) is 0 Å². The second-order valence-corrected chi connectivity index (χ2v) is 9.23. The van der Waals surface area contributed by atoms with Crippen molar-refractivity contribution in [1.29, 1.82) is 0 Å². The third-order valence-corrected chi connectivity index (χ3v) is 6.17. The lowest BCUT2D eigenvalue weighted by Crippen LogP contribution is -2.46. The van der Waals surface area contributed by atoms with Crippen LogP contribution < -0.4 is 10.6 Å². The number of hydrogen-bond acceptors (Lipinski definition) is 6. The summed E-state index contributed by atoms with van der Waals surface area (Å²) in [6.45, 7) is 7.29. The number of nitrogens with one attached hydrogen (secondary N) is 2. The largest absolute Gasteiger partial charge is 0.473 e. The maximum atomic E-state index is 12.8. The monoisotopic (exact) mass is 523 g/mol. The lowest BCUT2D eigenvalue weighted by atomic mass is 10.0. The highest BCUT2D eigenvalue weighted by molar-refractivity contribution is 6.27. The van der Waals surface area contributed by atoms with Crippen molar-refractivity contribution in [3.8, 4) is 0 Å². The molecule has 0 bridgehead atoms. The summed E-state index contributed by atoms with van der Waals surface area (Å²) in [7, 11) is 0. The molecule has 4 N–H and O–H groups in total.